The van der Waals surface area contributed by atoms with E-state index < -0.39 is 17.7 Å². The van der Waals surface area contributed by atoms with Crippen molar-refractivity contribution in [3.05, 3.63) is 83.8 Å². The third-order valence-electron chi connectivity index (χ3n) is 3.78. The second kappa shape index (κ2) is 9.14. The minimum absolute atomic E-state index is 0.201. The molecule has 0 aliphatic heterocycles. The summed E-state index contributed by atoms with van der Waals surface area (Å²) in [5.74, 6) is -1.23. The molecule has 0 saturated heterocycles. The van der Waals surface area contributed by atoms with Crippen LogP contribution in [-0.4, -0.2) is 23.9 Å². The van der Waals surface area contributed by atoms with E-state index in [-0.39, 0.29) is 11.3 Å². The van der Waals surface area contributed by atoms with Gasteiger partial charge in [0.1, 0.15) is 11.5 Å². The molecule has 0 atom stereocenters. The maximum atomic E-state index is 12.5. The summed E-state index contributed by atoms with van der Waals surface area (Å²) in [6.07, 6.45) is 1.28. The zero-order valence-electron chi connectivity index (χ0n) is 15.5. The number of hydrogen-bond acceptors (Lipinski definition) is 5. The molecule has 0 bridgehead atoms. The van der Waals surface area contributed by atoms with Crippen LogP contribution in [0.2, 0.25) is 0 Å². The fourth-order valence-electron chi connectivity index (χ4n) is 2.42. The Morgan fingerprint density at radius 1 is 0.862 bits per heavy atom. The molecule has 8 nitrogen and oxygen atoms in total. The monoisotopic (exact) mass is 390 g/mol. The van der Waals surface area contributed by atoms with Crippen LogP contribution in [0.1, 0.15) is 21.9 Å². The largest absolute Gasteiger partial charge is 0.460 e. The van der Waals surface area contributed by atoms with Gasteiger partial charge in [-0.25, -0.2) is 5.43 Å². The zero-order valence-corrected chi connectivity index (χ0v) is 15.5. The van der Waals surface area contributed by atoms with E-state index in [1.54, 1.807) is 61.5 Å². The van der Waals surface area contributed by atoms with Crippen LogP contribution in [0.15, 0.2) is 76.2 Å². The summed E-state index contributed by atoms with van der Waals surface area (Å²) in [7, 11) is 0. The predicted molar refractivity (Wildman–Crippen MR) is 109 cm³/mol. The number of carbonyl (C=O) groups excluding carboxylic acids is 3. The Bertz CT molecular complexity index is 1060. The van der Waals surface area contributed by atoms with Crippen LogP contribution in [0.4, 0.5) is 11.4 Å². The fourth-order valence-corrected chi connectivity index (χ4v) is 2.42. The predicted octanol–water partition coefficient (Wildman–Crippen LogP) is 2.93. The van der Waals surface area contributed by atoms with Crippen molar-refractivity contribution in [3.63, 3.8) is 0 Å². The zero-order chi connectivity index (χ0) is 20.6. The molecule has 146 valence electrons. The molecule has 3 rings (SSSR count). The summed E-state index contributed by atoms with van der Waals surface area (Å²) in [6, 6.07) is 18.7. The van der Waals surface area contributed by atoms with Crippen molar-refractivity contribution in [1.82, 2.24) is 5.43 Å². The van der Waals surface area contributed by atoms with Crippen LogP contribution in [0.5, 0.6) is 0 Å². The second-order valence-electron chi connectivity index (χ2n) is 5.97. The van der Waals surface area contributed by atoms with E-state index in [0.717, 1.165) is 0 Å². The molecule has 0 radical (unpaired) electrons. The average Bonchev–Trinajstić information content (AvgIpc) is 3.14. The molecule has 8 heteroatoms. The molecule has 0 aliphatic rings. The van der Waals surface area contributed by atoms with Gasteiger partial charge >= 0.3 is 11.8 Å². The van der Waals surface area contributed by atoms with Gasteiger partial charge in [-0.3, -0.25) is 14.4 Å². The number of para-hydroxylation sites is 2. The lowest BCUT2D eigenvalue weighted by Gasteiger charge is -2.11. The standard InChI is InChI=1S/C21H18N4O4/c1-14-11-12-16(29-14)13-22-25-21(28)20(27)24-18-10-6-5-9-17(18)19(26)23-15-7-3-2-4-8-15/h2-13H,1H3,(H,23,26)(H,24,27)(H,25,28)/b22-13-. The van der Waals surface area contributed by atoms with E-state index >= 15 is 0 Å². The molecule has 0 fully saturated rings. The van der Waals surface area contributed by atoms with Crippen LogP contribution in [0.3, 0.4) is 0 Å². The third-order valence-corrected chi connectivity index (χ3v) is 3.78. The van der Waals surface area contributed by atoms with Crippen LogP contribution in [0, 0.1) is 6.92 Å². The Kier molecular flexibility index (Phi) is 6.16. The van der Waals surface area contributed by atoms with Gasteiger partial charge in [-0.15, -0.1) is 0 Å². The van der Waals surface area contributed by atoms with Crippen molar-refractivity contribution in [1.29, 1.82) is 0 Å². The molecule has 1 aromatic heterocycles. The molecule has 3 amide bonds. The van der Waals surface area contributed by atoms with Gasteiger partial charge < -0.3 is 15.1 Å². The summed E-state index contributed by atoms with van der Waals surface area (Å²) >= 11 is 0. The quantitative estimate of drug-likeness (QED) is 0.353. The highest BCUT2D eigenvalue weighted by Gasteiger charge is 2.17. The number of hydrazone groups is 1. The number of nitrogens with zero attached hydrogens (tertiary/aromatic N) is 1. The molecule has 3 N–H and O–H groups in total. The van der Waals surface area contributed by atoms with E-state index in [4.69, 9.17) is 4.42 Å². The lowest BCUT2D eigenvalue weighted by Crippen LogP contribution is -2.33. The lowest BCUT2D eigenvalue weighted by molar-refractivity contribution is -0.136. The van der Waals surface area contributed by atoms with Gasteiger partial charge in [0, 0.05) is 5.69 Å². The van der Waals surface area contributed by atoms with E-state index in [9.17, 15) is 14.4 Å². The summed E-state index contributed by atoms with van der Waals surface area (Å²) in [5.41, 5.74) is 3.13. The van der Waals surface area contributed by atoms with Crippen molar-refractivity contribution in [2.75, 3.05) is 10.6 Å². The Balaban J connectivity index is 1.63. The van der Waals surface area contributed by atoms with Gasteiger partial charge in [0.15, 0.2) is 0 Å². The van der Waals surface area contributed by atoms with Gasteiger partial charge in [0.25, 0.3) is 5.91 Å². The number of anilines is 2. The van der Waals surface area contributed by atoms with Gasteiger partial charge in [-0.05, 0) is 43.3 Å². The van der Waals surface area contributed by atoms with Crippen molar-refractivity contribution in [2.24, 2.45) is 5.10 Å². The second-order valence-corrected chi connectivity index (χ2v) is 5.97. The number of aryl methyl sites for hydroxylation is 1. The highest BCUT2D eigenvalue weighted by atomic mass is 16.3. The molecular formula is C21H18N4O4. The number of benzene rings is 2. The van der Waals surface area contributed by atoms with E-state index in [1.165, 1.54) is 12.3 Å². The van der Waals surface area contributed by atoms with Gasteiger partial charge in [0.2, 0.25) is 0 Å². The molecule has 0 aliphatic carbocycles. The Hall–Kier alpha value is -4.20. The van der Waals surface area contributed by atoms with Crippen LogP contribution >= 0.6 is 0 Å². The van der Waals surface area contributed by atoms with Gasteiger partial charge in [-0.1, -0.05) is 30.3 Å². The highest BCUT2D eigenvalue weighted by Crippen LogP contribution is 2.17. The van der Waals surface area contributed by atoms with Crippen LogP contribution in [-0.2, 0) is 9.59 Å². The summed E-state index contributed by atoms with van der Waals surface area (Å²) in [4.78, 5) is 36.6. The molecule has 0 spiro atoms. The SMILES string of the molecule is Cc1ccc(/C=N\NC(=O)C(=O)Nc2ccccc2C(=O)Nc2ccccc2)o1. The maximum absolute atomic E-state index is 12.5. The first-order chi connectivity index (χ1) is 14.0. The van der Waals surface area contributed by atoms with Crippen LogP contribution in [0.25, 0.3) is 0 Å². The molecule has 0 saturated carbocycles. The number of carbonyl (C=O) groups is 3. The number of amides is 3. The number of rotatable bonds is 5. The number of hydrogen-bond donors (Lipinski definition) is 3. The third kappa shape index (κ3) is 5.39. The Morgan fingerprint density at radius 3 is 2.31 bits per heavy atom. The first-order valence-electron chi connectivity index (χ1n) is 8.69. The topological polar surface area (TPSA) is 113 Å². The van der Waals surface area contributed by atoms with Crippen molar-refractivity contribution in [2.45, 2.75) is 6.92 Å². The first-order valence-corrected chi connectivity index (χ1v) is 8.69. The highest BCUT2D eigenvalue weighted by molar-refractivity contribution is 6.40. The molecule has 2 aromatic carbocycles. The Labute approximate surface area is 166 Å². The Morgan fingerprint density at radius 2 is 1.59 bits per heavy atom. The normalized spacial score (nSPS) is 10.5. The van der Waals surface area contributed by atoms with Crippen molar-refractivity contribution < 1.29 is 18.8 Å². The summed E-state index contributed by atoms with van der Waals surface area (Å²) in [6.45, 7) is 1.77. The molecular weight excluding hydrogens is 372 g/mol. The molecule has 3 aromatic rings. The van der Waals surface area contributed by atoms with E-state index in [1.807, 2.05) is 6.07 Å². The van der Waals surface area contributed by atoms with Gasteiger partial charge in [-0.2, -0.15) is 5.10 Å². The lowest BCUT2D eigenvalue weighted by atomic mass is 10.1. The summed E-state index contributed by atoms with van der Waals surface area (Å²) < 4.78 is 5.27. The smallest absolute Gasteiger partial charge is 0.329 e. The van der Waals surface area contributed by atoms with Gasteiger partial charge in [0.05, 0.1) is 17.5 Å². The van der Waals surface area contributed by atoms with E-state index in [0.29, 0.717) is 17.2 Å². The minimum Gasteiger partial charge on any atom is -0.460 e. The van der Waals surface area contributed by atoms with Crippen LogP contribution < -0.4 is 16.1 Å². The molecule has 1 heterocycles. The van der Waals surface area contributed by atoms with Crippen molar-refractivity contribution in [3.8, 4) is 0 Å². The fraction of sp³-hybridized carbons (Fsp3) is 0.0476. The van der Waals surface area contributed by atoms with E-state index in [2.05, 4.69) is 21.2 Å². The first kappa shape index (κ1) is 19.6. The maximum Gasteiger partial charge on any atom is 0.329 e. The van der Waals surface area contributed by atoms with Crippen molar-refractivity contribution >= 4 is 35.3 Å². The number of furan rings is 1. The number of nitrogens with one attached hydrogen (secondary N) is 3. The minimum atomic E-state index is -0.984. The summed E-state index contributed by atoms with van der Waals surface area (Å²) in [5, 5.41) is 8.82. The molecule has 29 heavy (non-hydrogen) atoms. The molecule has 0 unspecified atom stereocenters. The average molecular weight is 390 g/mol.